The zero-order valence-electron chi connectivity index (χ0n) is 5.04. The monoisotopic (exact) mass is 196 g/mol. The first kappa shape index (κ1) is 11.5. The van der Waals surface area contributed by atoms with Crippen molar-refractivity contribution in [1.29, 1.82) is 0 Å². The van der Waals surface area contributed by atoms with Gasteiger partial charge in [-0.3, -0.25) is 4.79 Å². The molecule has 0 saturated heterocycles. The van der Waals surface area contributed by atoms with E-state index in [1.165, 1.54) is 0 Å². The third-order valence-electron chi connectivity index (χ3n) is 1.09. The van der Waals surface area contributed by atoms with Crippen molar-refractivity contribution < 1.29 is 4.79 Å². The third-order valence-corrected chi connectivity index (χ3v) is 1.61. The molecule has 1 aromatic carbocycles. The second-order valence-electron chi connectivity index (χ2n) is 1.82. The van der Waals surface area contributed by atoms with Gasteiger partial charge in [0.25, 0.3) is 5.24 Å². The first-order chi connectivity index (χ1) is 4.70. The van der Waals surface area contributed by atoms with Crippen LogP contribution >= 0.6 is 24.2 Å². The molecule has 1 rings (SSSR count). The number of carbonyl (C=O) groups excluding carboxylic acids is 1. The van der Waals surface area contributed by atoms with Gasteiger partial charge in [0, 0.05) is 10.5 Å². The minimum atomic E-state index is -0.437. The number of hydrogen-bond donors (Lipinski definition) is 1. The molecule has 54 valence electrons. The van der Waals surface area contributed by atoms with Gasteiger partial charge in [0.2, 0.25) is 0 Å². The molecule has 0 aromatic heterocycles. The SMILES string of the molecule is O=C(Cl)c1ccc(S)cc1.[NaH]. The van der Waals surface area contributed by atoms with E-state index in [1.54, 1.807) is 24.3 Å². The van der Waals surface area contributed by atoms with Crippen LogP contribution in [0.15, 0.2) is 29.2 Å². The first-order valence-electron chi connectivity index (χ1n) is 2.69. The average Bonchev–Trinajstić information content (AvgIpc) is 1.88. The summed E-state index contributed by atoms with van der Waals surface area (Å²) in [4.78, 5) is 11.3. The minimum absolute atomic E-state index is 0. The van der Waals surface area contributed by atoms with E-state index in [-0.39, 0.29) is 29.6 Å². The normalized spacial score (nSPS) is 8.55. The summed E-state index contributed by atoms with van der Waals surface area (Å²) in [5, 5.41) is -0.437. The Labute approximate surface area is 97.8 Å². The molecule has 1 aromatic rings. The molecule has 0 atom stereocenters. The number of halogens is 1. The Morgan fingerprint density at radius 2 is 1.73 bits per heavy atom. The summed E-state index contributed by atoms with van der Waals surface area (Å²) in [6, 6.07) is 6.72. The second-order valence-corrected chi connectivity index (χ2v) is 2.68. The number of carbonyl (C=O) groups is 1. The van der Waals surface area contributed by atoms with Crippen molar-refractivity contribution in [3.05, 3.63) is 29.8 Å². The zero-order chi connectivity index (χ0) is 7.56. The van der Waals surface area contributed by atoms with Crippen molar-refractivity contribution in [2.75, 3.05) is 0 Å². The Kier molecular flexibility index (Phi) is 5.48. The Morgan fingerprint density at radius 1 is 1.27 bits per heavy atom. The van der Waals surface area contributed by atoms with Gasteiger partial charge in [-0.1, -0.05) is 0 Å². The molecule has 0 unspecified atom stereocenters. The standard InChI is InChI=1S/C7H5ClOS.Na.H/c8-7(9)5-1-3-6(10)4-2-5;;/h1-4,10H;;. The van der Waals surface area contributed by atoms with E-state index in [0.29, 0.717) is 5.56 Å². The molecule has 0 bridgehead atoms. The predicted octanol–water partition coefficient (Wildman–Crippen LogP) is 1.71. The van der Waals surface area contributed by atoms with Gasteiger partial charge in [-0.2, -0.15) is 0 Å². The van der Waals surface area contributed by atoms with E-state index in [2.05, 4.69) is 12.6 Å². The molecule has 0 heterocycles. The molecule has 4 heteroatoms. The molecule has 0 saturated carbocycles. The van der Waals surface area contributed by atoms with Crippen LogP contribution in [0.1, 0.15) is 10.4 Å². The van der Waals surface area contributed by atoms with Gasteiger partial charge in [0.05, 0.1) is 0 Å². The Bertz CT molecular complexity index is 247. The fraction of sp³-hybridized carbons (Fsp3) is 0. The summed E-state index contributed by atoms with van der Waals surface area (Å²) in [5.74, 6) is 0. The first-order valence-corrected chi connectivity index (χ1v) is 3.51. The Balaban J connectivity index is 0.000001000. The molecule has 0 amide bonds. The molecule has 0 N–H and O–H groups in total. The van der Waals surface area contributed by atoms with Gasteiger partial charge in [-0.05, 0) is 35.9 Å². The van der Waals surface area contributed by atoms with Crippen LogP contribution < -0.4 is 0 Å². The molecule has 0 fully saturated rings. The van der Waals surface area contributed by atoms with Crippen molar-refractivity contribution in [2.45, 2.75) is 4.90 Å². The molecule has 0 spiro atoms. The van der Waals surface area contributed by atoms with E-state index in [9.17, 15) is 4.79 Å². The predicted molar refractivity (Wildman–Crippen MR) is 51.0 cm³/mol. The maximum atomic E-state index is 10.5. The van der Waals surface area contributed by atoms with Gasteiger partial charge in [0.1, 0.15) is 0 Å². The summed E-state index contributed by atoms with van der Waals surface area (Å²) in [7, 11) is 0. The van der Waals surface area contributed by atoms with E-state index in [0.717, 1.165) is 4.90 Å². The number of thiol groups is 1. The number of hydrogen-bond acceptors (Lipinski definition) is 2. The molecule has 0 aliphatic heterocycles. The molecule has 0 radical (unpaired) electrons. The Morgan fingerprint density at radius 3 is 2.09 bits per heavy atom. The summed E-state index contributed by atoms with van der Waals surface area (Å²) < 4.78 is 0. The van der Waals surface area contributed by atoms with Gasteiger partial charge in [-0.15, -0.1) is 12.6 Å². The Hall–Kier alpha value is 0.530. The van der Waals surface area contributed by atoms with Crippen molar-refractivity contribution in [1.82, 2.24) is 0 Å². The van der Waals surface area contributed by atoms with Crippen LogP contribution in [-0.2, 0) is 0 Å². The van der Waals surface area contributed by atoms with Crippen molar-refractivity contribution >= 4 is 59.0 Å². The van der Waals surface area contributed by atoms with Gasteiger partial charge >= 0.3 is 29.6 Å². The maximum absolute atomic E-state index is 10.5. The fourth-order valence-electron chi connectivity index (χ4n) is 0.592. The van der Waals surface area contributed by atoms with Crippen LogP contribution in [0.2, 0.25) is 0 Å². The van der Waals surface area contributed by atoms with Crippen LogP contribution in [0.25, 0.3) is 0 Å². The van der Waals surface area contributed by atoms with Crippen LogP contribution in [0.5, 0.6) is 0 Å². The van der Waals surface area contributed by atoms with Gasteiger partial charge in [-0.25, -0.2) is 0 Å². The van der Waals surface area contributed by atoms with E-state index < -0.39 is 5.24 Å². The van der Waals surface area contributed by atoms with Crippen LogP contribution in [0.4, 0.5) is 0 Å². The molecule has 1 nitrogen and oxygen atoms in total. The van der Waals surface area contributed by atoms with E-state index in [4.69, 9.17) is 11.6 Å². The molecule has 11 heavy (non-hydrogen) atoms. The van der Waals surface area contributed by atoms with Crippen LogP contribution in [0, 0.1) is 0 Å². The third kappa shape index (κ3) is 3.63. The van der Waals surface area contributed by atoms with E-state index in [1.807, 2.05) is 0 Å². The molecular formula is C7H6ClNaOS. The van der Waals surface area contributed by atoms with Gasteiger partial charge in [0.15, 0.2) is 0 Å². The quantitative estimate of drug-likeness (QED) is 0.411. The molecule has 0 aliphatic rings. The zero-order valence-corrected chi connectivity index (χ0v) is 6.69. The van der Waals surface area contributed by atoms with Crippen LogP contribution in [0.3, 0.4) is 0 Å². The van der Waals surface area contributed by atoms with Gasteiger partial charge < -0.3 is 0 Å². The fourth-order valence-corrected chi connectivity index (χ4v) is 0.868. The van der Waals surface area contributed by atoms with Crippen molar-refractivity contribution in [2.24, 2.45) is 0 Å². The number of benzene rings is 1. The topological polar surface area (TPSA) is 17.1 Å². The molecular weight excluding hydrogens is 191 g/mol. The average molecular weight is 197 g/mol. The van der Waals surface area contributed by atoms with Crippen molar-refractivity contribution in [3.63, 3.8) is 0 Å². The van der Waals surface area contributed by atoms with E-state index >= 15 is 0 Å². The van der Waals surface area contributed by atoms with Crippen molar-refractivity contribution in [3.8, 4) is 0 Å². The second kappa shape index (κ2) is 5.22. The summed E-state index contributed by atoms with van der Waals surface area (Å²) in [5.41, 5.74) is 0.500. The molecule has 0 aliphatic carbocycles. The summed E-state index contributed by atoms with van der Waals surface area (Å²) in [6.07, 6.45) is 0. The number of rotatable bonds is 1. The summed E-state index contributed by atoms with van der Waals surface area (Å²) >= 11 is 9.24. The van der Waals surface area contributed by atoms with Crippen LogP contribution in [-0.4, -0.2) is 34.8 Å². The summed E-state index contributed by atoms with van der Waals surface area (Å²) in [6.45, 7) is 0.